The van der Waals surface area contributed by atoms with Gasteiger partial charge in [-0.05, 0) is 37.1 Å². The molecule has 1 saturated carbocycles. The standard InChI is InChI=1S/C16H19NO3/c18-16(13-5-1-2-6-13)17(11-14-7-3-9-19-14)12-15-8-4-10-20-15/h3-4,7-10,13H,1-2,5-6,11-12H2. The van der Waals surface area contributed by atoms with Crippen LogP contribution in [0.3, 0.4) is 0 Å². The fourth-order valence-electron chi connectivity index (χ4n) is 2.82. The van der Waals surface area contributed by atoms with Crippen LogP contribution in [-0.4, -0.2) is 10.8 Å². The Morgan fingerprint density at radius 3 is 2.05 bits per heavy atom. The molecule has 3 rings (SSSR count). The number of amides is 1. The number of carbonyl (C=O) groups is 1. The minimum atomic E-state index is 0.167. The maximum absolute atomic E-state index is 12.6. The molecule has 2 aromatic heterocycles. The summed E-state index contributed by atoms with van der Waals surface area (Å²) < 4.78 is 10.7. The lowest BCUT2D eigenvalue weighted by molar-refractivity contribution is -0.137. The van der Waals surface area contributed by atoms with Crippen LogP contribution in [0.5, 0.6) is 0 Å². The monoisotopic (exact) mass is 273 g/mol. The summed E-state index contributed by atoms with van der Waals surface area (Å²) in [5.74, 6) is 2.00. The zero-order valence-corrected chi connectivity index (χ0v) is 11.5. The van der Waals surface area contributed by atoms with Gasteiger partial charge in [0, 0.05) is 5.92 Å². The van der Waals surface area contributed by atoms with Gasteiger partial charge < -0.3 is 13.7 Å². The largest absolute Gasteiger partial charge is 0.467 e. The smallest absolute Gasteiger partial charge is 0.226 e. The molecular weight excluding hydrogens is 254 g/mol. The number of rotatable bonds is 5. The van der Waals surface area contributed by atoms with Crippen LogP contribution >= 0.6 is 0 Å². The Morgan fingerprint density at radius 2 is 1.60 bits per heavy atom. The SMILES string of the molecule is O=C(C1CCCC1)N(Cc1ccco1)Cc1ccco1. The molecule has 1 fully saturated rings. The fourth-order valence-corrected chi connectivity index (χ4v) is 2.82. The first-order valence-corrected chi connectivity index (χ1v) is 7.16. The van der Waals surface area contributed by atoms with Crippen LogP contribution in [0.25, 0.3) is 0 Å². The summed E-state index contributed by atoms with van der Waals surface area (Å²) in [4.78, 5) is 14.5. The van der Waals surface area contributed by atoms with Gasteiger partial charge in [-0.2, -0.15) is 0 Å². The van der Waals surface area contributed by atoms with E-state index in [0.717, 1.165) is 37.2 Å². The van der Waals surface area contributed by atoms with Crippen LogP contribution in [0.4, 0.5) is 0 Å². The molecule has 0 aliphatic heterocycles. The summed E-state index contributed by atoms with van der Waals surface area (Å²) in [6.07, 6.45) is 7.61. The van der Waals surface area contributed by atoms with Gasteiger partial charge in [0.05, 0.1) is 25.6 Å². The summed E-state index contributed by atoms with van der Waals surface area (Å²) in [6.45, 7) is 1.01. The van der Waals surface area contributed by atoms with E-state index in [1.165, 1.54) is 0 Å². The molecule has 0 unspecified atom stereocenters. The van der Waals surface area contributed by atoms with Crippen molar-refractivity contribution in [2.75, 3.05) is 0 Å². The van der Waals surface area contributed by atoms with Gasteiger partial charge in [-0.15, -0.1) is 0 Å². The predicted octanol–water partition coefficient (Wildman–Crippen LogP) is 3.59. The highest BCUT2D eigenvalue weighted by molar-refractivity contribution is 5.79. The Labute approximate surface area is 118 Å². The predicted molar refractivity (Wildman–Crippen MR) is 73.6 cm³/mol. The molecule has 1 aliphatic rings. The number of hydrogen-bond acceptors (Lipinski definition) is 3. The van der Waals surface area contributed by atoms with Gasteiger partial charge in [-0.3, -0.25) is 4.79 Å². The van der Waals surface area contributed by atoms with E-state index in [9.17, 15) is 4.79 Å². The molecule has 2 aromatic rings. The van der Waals surface area contributed by atoms with E-state index in [1.54, 1.807) is 12.5 Å². The second-order valence-electron chi connectivity index (χ2n) is 5.33. The zero-order valence-electron chi connectivity index (χ0n) is 11.5. The maximum atomic E-state index is 12.6. The van der Waals surface area contributed by atoms with Gasteiger partial charge in [0.1, 0.15) is 11.5 Å². The van der Waals surface area contributed by atoms with E-state index < -0.39 is 0 Å². The highest BCUT2D eigenvalue weighted by atomic mass is 16.3. The fraction of sp³-hybridized carbons (Fsp3) is 0.438. The Kier molecular flexibility index (Phi) is 3.90. The molecule has 0 radical (unpaired) electrons. The summed E-state index contributed by atoms with van der Waals surface area (Å²) in [5, 5.41) is 0. The molecule has 106 valence electrons. The van der Waals surface area contributed by atoms with Crippen LogP contribution in [0.15, 0.2) is 45.6 Å². The Bertz CT molecular complexity index is 488. The third-order valence-corrected chi connectivity index (χ3v) is 3.87. The van der Waals surface area contributed by atoms with E-state index in [4.69, 9.17) is 8.83 Å². The van der Waals surface area contributed by atoms with Crippen LogP contribution in [0.1, 0.15) is 37.2 Å². The maximum Gasteiger partial charge on any atom is 0.226 e. The van der Waals surface area contributed by atoms with Crippen molar-refractivity contribution in [2.24, 2.45) is 5.92 Å². The van der Waals surface area contributed by atoms with Gasteiger partial charge >= 0.3 is 0 Å². The number of furan rings is 2. The van der Waals surface area contributed by atoms with Crippen molar-refractivity contribution in [3.8, 4) is 0 Å². The second kappa shape index (κ2) is 5.99. The van der Waals surface area contributed by atoms with E-state index in [0.29, 0.717) is 13.1 Å². The van der Waals surface area contributed by atoms with Gasteiger partial charge in [-0.25, -0.2) is 0 Å². The summed E-state index contributed by atoms with van der Waals surface area (Å²) in [5.41, 5.74) is 0. The van der Waals surface area contributed by atoms with Crippen molar-refractivity contribution in [3.05, 3.63) is 48.3 Å². The number of carbonyl (C=O) groups excluding carboxylic acids is 1. The molecule has 1 amide bonds. The van der Waals surface area contributed by atoms with Crippen LogP contribution in [-0.2, 0) is 17.9 Å². The molecule has 4 heteroatoms. The van der Waals surface area contributed by atoms with Crippen molar-refractivity contribution < 1.29 is 13.6 Å². The van der Waals surface area contributed by atoms with Gasteiger partial charge in [0.25, 0.3) is 0 Å². The second-order valence-corrected chi connectivity index (χ2v) is 5.33. The molecule has 0 saturated heterocycles. The Hall–Kier alpha value is -1.97. The average molecular weight is 273 g/mol. The molecule has 0 N–H and O–H groups in total. The highest BCUT2D eigenvalue weighted by Crippen LogP contribution is 2.28. The lowest BCUT2D eigenvalue weighted by Gasteiger charge is -2.23. The first kappa shape index (κ1) is 13.0. The van der Waals surface area contributed by atoms with Crippen molar-refractivity contribution >= 4 is 5.91 Å². The molecule has 2 heterocycles. The van der Waals surface area contributed by atoms with Crippen molar-refractivity contribution in [3.63, 3.8) is 0 Å². The topological polar surface area (TPSA) is 46.6 Å². The van der Waals surface area contributed by atoms with E-state index in [1.807, 2.05) is 29.2 Å². The normalized spacial score (nSPS) is 15.6. The number of hydrogen-bond donors (Lipinski definition) is 0. The average Bonchev–Trinajstić information content (AvgIpc) is 3.20. The molecule has 0 aromatic carbocycles. The van der Waals surface area contributed by atoms with Gasteiger partial charge in [-0.1, -0.05) is 12.8 Å². The summed E-state index contributed by atoms with van der Waals surface area (Å²) in [6, 6.07) is 7.50. The van der Waals surface area contributed by atoms with E-state index in [2.05, 4.69) is 0 Å². The third kappa shape index (κ3) is 2.95. The van der Waals surface area contributed by atoms with Gasteiger partial charge in [0.15, 0.2) is 0 Å². The lowest BCUT2D eigenvalue weighted by atomic mass is 10.1. The lowest BCUT2D eigenvalue weighted by Crippen LogP contribution is -2.34. The molecular formula is C16H19NO3. The minimum absolute atomic E-state index is 0.167. The van der Waals surface area contributed by atoms with Crippen molar-refractivity contribution in [1.29, 1.82) is 0 Å². The number of nitrogens with zero attached hydrogens (tertiary/aromatic N) is 1. The van der Waals surface area contributed by atoms with Gasteiger partial charge in [0.2, 0.25) is 5.91 Å². The quantitative estimate of drug-likeness (QED) is 0.836. The first-order chi connectivity index (χ1) is 9.83. The first-order valence-electron chi connectivity index (χ1n) is 7.16. The van der Waals surface area contributed by atoms with Crippen LogP contribution in [0, 0.1) is 5.92 Å². The van der Waals surface area contributed by atoms with Crippen LogP contribution < -0.4 is 0 Å². The molecule has 4 nitrogen and oxygen atoms in total. The molecule has 0 atom stereocenters. The van der Waals surface area contributed by atoms with Crippen LogP contribution in [0.2, 0.25) is 0 Å². The zero-order chi connectivity index (χ0) is 13.8. The summed E-state index contributed by atoms with van der Waals surface area (Å²) in [7, 11) is 0. The Balaban J connectivity index is 1.73. The molecule has 0 spiro atoms. The summed E-state index contributed by atoms with van der Waals surface area (Å²) >= 11 is 0. The molecule has 20 heavy (non-hydrogen) atoms. The van der Waals surface area contributed by atoms with E-state index in [-0.39, 0.29) is 11.8 Å². The van der Waals surface area contributed by atoms with Crippen molar-refractivity contribution in [1.82, 2.24) is 4.90 Å². The minimum Gasteiger partial charge on any atom is -0.467 e. The van der Waals surface area contributed by atoms with Crippen molar-refractivity contribution in [2.45, 2.75) is 38.8 Å². The van der Waals surface area contributed by atoms with E-state index >= 15 is 0 Å². The molecule has 1 aliphatic carbocycles. The third-order valence-electron chi connectivity index (χ3n) is 3.87. The Morgan fingerprint density at radius 1 is 1.05 bits per heavy atom. The highest BCUT2D eigenvalue weighted by Gasteiger charge is 2.28. The molecule has 0 bridgehead atoms.